The van der Waals surface area contributed by atoms with Gasteiger partial charge in [-0.3, -0.25) is 10.1 Å². The highest BCUT2D eigenvalue weighted by molar-refractivity contribution is 5.85. The van der Waals surface area contributed by atoms with Crippen molar-refractivity contribution in [2.45, 2.75) is 30.5 Å². The van der Waals surface area contributed by atoms with Crippen molar-refractivity contribution in [3.8, 4) is 23.7 Å². The first-order valence-electron chi connectivity index (χ1n) is 9.28. The van der Waals surface area contributed by atoms with Crippen LogP contribution in [0.5, 0.6) is 0 Å². The minimum atomic E-state index is -1.47. The Balaban J connectivity index is 1.67. The van der Waals surface area contributed by atoms with Crippen LogP contribution >= 0.6 is 0 Å². The summed E-state index contributed by atoms with van der Waals surface area (Å²) in [6.45, 7) is -0.507. The number of aliphatic hydroxyl groups is 4. The normalized spacial score (nSPS) is 25.8. The van der Waals surface area contributed by atoms with Crippen molar-refractivity contribution in [1.82, 2.24) is 15.2 Å². The summed E-state index contributed by atoms with van der Waals surface area (Å²) in [5.74, 6) is 11.8. The molecule has 8 heteroatoms. The van der Waals surface area contributed by atoms with Gasteiger partial charge in [-0.1, -0.05) is 23.7 Å². The van der Waals surface area contributed by atoms with Crippen molar-refractivity contribution in [2.24, 2.45) is 0 Å². The third-order valence-electron chi connectivity index (χ3n) is 4.80. The molecule has 1 saturated heterocycles. The Kier molecular flexibility index (Phi) is 5.77. The Bertz CT molecular complexity index is 1150. The highest BCUT2D eigenvalue weighted by Gasteiger charge is 2.42. The molecule has 5 N–H and O–H groups in total. The van der Waals surface area contributed by atoms with Crippen molar-refractivity contribution in [3.05, 3.63) is 59.5 Å². The van der Waals surface area contributed by atoms with Crippen LogP contribution in [0, 0.1) is 23.7 Å². The van der Waals surface area contributed by atoms with Crippen LogP contribution in [-0.4, -0.2) is 72.7 Å². The summed E-state index contributed by atoms with van der Waals surface area (Å²) in [6.07, 6.45) is -1.40. The van der Waals surface area contributed by atoms with E-state index in [0.717, 1.165) is 10.9 Å². The zero-order valence-corrected chi connectivity index (χ0v) is 15.7. The third-order valence-corrected chi connectivity index (χ3v) is 4.80. The van der Waals surface area contributed by atoms with Crippen LogP contribution in [0.25, 0.3) is 10.9 Å². The first-order valence-corrected chi connectivity index (χ1v) is 9.28. The number of hydrogen-bond donors (Lipinski definition) is 5. The van der Waals surface area contributed by atoms with Crippen molar-refractivity contribution in [1.29, 1.82) is 0 Å². The fourth-order valence-electron chi connectivity index (χ4n) is 3.18. The number of pyridine rings is 1. The first kappa shape index (κ1) is 20.0. The standard InChI is InChI=1S/C22H19N3O5/c26-12-18-21(28)22(29)20(27)17(30-18)6-5-15-8-14(9-16-11-24-25-19(15)16)4-3-13-2-1-7-23-10-13/h1-2,7-11,17-18,20-22,26-29H,12H2,(H,24,25)/t17-,18-,20-,21-,22-/m1/s1. The predicted octanol–water partition coefficient (Wildman–Crippen LogP) is -0.448. The third kappa shape index (κ3) is 4.05. The van der Waals surface area contributed by atoms with Gasteiger partial charge in [0.2, 0.25) is 0 Å². The Labute approximate surface area is 172 Å². The molecule has 0 spiro atoms. The topological polar surface area (TPSA) is 132 Å². The number of benzene rings is 1. The molecule has 152 valence electrons. The smallest absolute Gasteiger partial charge is 0.147 e. The largest absolute Gasteiger partial charge is 0.394 e. The molecule has 30 heavy (non-hydrogen) atoms. The highest BCUT2D eigenvalue weighted by Crippen LogP contribution is 2.22. The molecule has 4 rings (SSSR count). The molecule has 1 aliphatic rings. The Morgan fingerprint density at radius 3 is 2.60 bits per heavy atom. The summed E-state index contributed by atoms with van der Waals surface area (Å²) in [7, 11) is 0. The van der Waals surface area contributed by atoms with Crippen LogP contribution in [0.3, 0.4) is 0 Å². The lowest BCUT2D eigenvalue weighted by atomic mass is 9.95. The van der Waals surface area contributed by atoms with Crippen molar-refractivity contribution in [2.75, 3.05) is 6.61 Å². The van der Waals surface area contributed by atoms with Gasteiger partial charge in [0.05, 0.1) is 23.9 Å². The molecule has 0 aliphatic carbocycles. The average molecular weight is 405 g/mol. The lowest BCUT2D eigenvalue weighted by molar-refractivity contribution is -0.214. The number of hydrogen-bond acceptors (Lipinski definition) is 7. The van der Waals surface area contributed by atoms with Crippen LogP contribution in [0.4, 0.5) is 0 Å². The number of fused-ring (bicyclic) bond motifs is 1. The van der Waals surface area contributed by atoms with E-state index in [9.17, 15) is 20.4 Å². The van der Waals surface area contributed by atoms with Crippen LogP contribution in [0.1, 0.15) is 16.7 Å². The molecule has 2 aromatic heterocycles. The molecule has 0 bridgehead atoms. The average Bonchev–Trinajstić information content (AvgIpc) is 3.25. The minimum Gasteiger partial charge on any atom is -0.394 e. The van der Waals surface area contributed by atoms with Crippen molar-refractivity contribution < 1.29 is 25.2 Å². The molecular weight excluding hydrogens is 386 g/mol. The highest BCUT2D eigenvalue weighted by atomic mass is 16.5. The van der Waals surface area contributed by atoms with Gasteiger partial charge in [-0.15, -0.1) is 0 Å². The SMILES string of the molecule is OC[C@H]1O[C@H](C#Cc2cc(C#Cc3cccnc3)cc3cn[nH]c23)[C@@H](O)[C@@H](O)[C@@H]1O. The second-order valence-electron chi connectivity index (χ2n) is 6.87. The number of ether oxygens (including phenoxy) is 1. The lowest BCUT2D eigenvalue weighted by Crippen LogP contribution is -2.58. The van der Waals surface area contributed by atoms with Crippen LogP contribution in [0.2, 0.25) is 0 Å². The second-order valence-corrected chi connectivity index (χ2v) is 6.87. The van der Waals surface area contributed by atoms with Gasteiger partial charge in [-0.05, 0) is 24.3 Å². The van der Waals surface area contributed by atoms with Gasteiger partial charge in [0.15, 0.2) is 0 Å². The molecular formula is C22H19N3O5. The Morgan fingerprint density at radius 2 is 1.83 bits per heavy atom. The van der Waals surface area contributed by atoms with Crippen LogP contribution in [0.15, 0.2) is 42.9 Å². The Hall–Kier alpha value is -3.24. The van der Waals surface area contributed by atoms with Gasteiger partial charge in [-0.25, -0.2) is 0 Å². The summed E-state index contributed by atoms with van der Waals surface area (Å²) < 4.78 is 5.44. The molecule has 1 aliphatic heterocycles. The van der Waals surface area contributed by atoms with Gasteiger partial charge in [0.25, 0.3) is 0 Å². The molecule has 1 fully saturated rings. The summed E-state index contributed by atoms with van der Waals surface area (Å²) >= 11 is 0. The van der Waals surface area contributed by atoms with Gasteiger partial charge in [-0.2, -0.15) is 5.10 Å². The van der Waals surface area contributed by atoms with E-state index in [1.54, 1.807) is 30.7 Å². The maximum atomic E-state index is 10.2. The minimum absolute atomic E-state index is 0.507. The molecule has 1 aromatic carbocycles. The summed E-state index contributed by atoms with van der Waals surface area (Å²) in [5.41, 5.74) is 2.76. The maximum Gasteiger partial charge on any atom is 0.147 e. The van der Waals surface area contributed by atoms with E-state index in [1.165, 1.54) is 0 Å². The molecule has 0 unspecified atom stereocenters. The fourth-order valence-corrected chi connectivity index (χ4v) is 3.18. The number of aliphatic hydroxyl groups excluding tert-OH is 4. The number of aromatic amines is 1. The number of H-pyrrole nitrogens is 1. The van der Waals surface area contributed by atoms with Gasteiger partial charge in [0.1, 0.15) is 30.5 Å². The van der Waals surface area contributed by atoms with Gasteiger partial charge in [0, 0.05) is 28.9 Å². The number of aromatic nitrogens is 3. The van der Waals surface area contributed by atoms with Crippen LogP contribution in [-0.2, 0) is 4.74 Å². The van der Waals surface area contributed by atoms with E-state index in [4.69, 9.17) is 4.74 Å². The molecule has 5 atom stereocenters. The van der Waals surface area contributed by atoms with Gasteiger partial charge >= 0.3 is 0 Å². The van der Waals surface area contributed by atoms with Crippen molar-refractivity contribution in [3.63, 3.8) is 0 Å². The number of nitrogens with zero attached hydrogens (tertiary/aromatic N) is 2. The first-order chi connectivity index (χ1) is 14.6. The molecule has 0 amide bonds. The quantitative estimate of drug-likeness (QED) is 0.347. The zero-order chi connectivity index (χ0) is 21.1. The Morgan fingerprint density at radius 1 is 1.00 bits per heavy atom. The van der Waals surface area contributed by atoms with Crippen LogP contribution < -0.4 is 0 Å². The zero-order valence-electron chi connectivity index (χ0n) is 15.7. The summed E-state index contributed by atoms with van der Waals surface area (Å²) in [6, 6.07) is 7.32. The number of rotatable bonds is 1. The number of nitrogens with one attached hydrogen (secondary N) is 1. The molecule has 3 heterocycles. The lowest BCUT2D eigenvalue weighted by Gasteiger charge is -2.37. The van der Waals surface area contributed by atoms with Gasteiger partial charge < -0.3 is 25.2 Å². The molecule has 8 nitrogen and oxygen atoms in total. The monoisotopic (exact) mass is 405 g/mol. The maximum absolute atomic E-state index is 10.2. The van der Waals surface area contributed by atoms with E-state index >= 15 is 0 Å². The van der Waals surface area contributed by atoms with Crippen molar-refractivity contribution >= 4 is 10.9 Å². The second kappa shape index (κ2) is 8.64. The summed E-state index contributed by atoms with van der Waals surface area (Å²) in [4.78, 5) is 4.04. The molecule has 3 aromatic rings. The van der Waals surface area contributed by atoms with E-state index < -0.39 is 37.1 Å². The molecule has 0 saturated carbocycles. The summed E-state index contributed by atoms with van der Waals surface area (Å²) in [5, 5.41) is 47.0. The van der Waals surface area contributed by atoms with E-state index in [-0.39, 0.29) is 0 Å². The fraction of sp³-hybridized carbons (Fsp3) is 0.273. The predicted molar refractivity (Wildman–Crippen MR) is 107 cm³/mol. The van der Waals surface area contributed by atoms with E-state index in [1.807, 2.05) is 12.1 Å². The van der Waals surface area contributed by atoms with E-state index in [0.29, 0.717) is 16.6 Å². The van der Waals surface area contributed by atoms with E-state index in [2.05, 4.69) is 38.9 Å². The molecule has 0 radical (unpaired) electrons.